The van der Waals surface area contributed by atoms with Gasteiger partial charge in [0.15, 0.2) is 9.84 Å². The van der Waals surface area contributed by atoms with Crippen molar-refractivity contribution in [2.75, 3.05) is 6.26 Å². The van der Waals surface area contributed by atoms with Gasteiger partial charge in [-0.05, 0) is 36.4 Å². The van der Waals surface area contributed by atoms with Gasteiger partial charge in [-0.2, -0.15) is 0 Å². The normalized spacial score (nSPS) is 11.4. The van der Waals surface area contributed by atoms with Crippen molar-refractivity contribution in [3.63, 3.8) is 0 Å². The molecule has 0 radical (unpaired) electrons. The fourth-order valence-electron chi connectivity index (χ4n) is 2.28. The number of benzene rings is 2. The summed E-state index contributed by atoms with van der Waals surface area (Å²) in [5, 5.41) is 12.0. The summed E-state index contributed by atoms with van der Waals surface area (Å²) < 4.78 is 28.7. The van der Waals surface area contributed by atoms with Crippen LogP contribution in [0.15, 0.2) is 59.8 Å². The molecule has 3 rings (SSSR count). The van der Waals surface area contributed by atoms with Crippen molar-refractivity contribution < 1.29 is 18.1 Å². The molecule has 1 heterocycles. The number of aromatic nitrogens is 1. The average Bonchev–Trinajstić information content (AvgIpc) is 2.54. The zero-order chi connectivity index (χ0) is 17.3. The van der Waals surface area contributed by atoms with Gasteiger partial charge in [0.25, 0.3) is 5.69 Å². The first-order chi connectivity index (χ1) is 11.4. The van der Waals surface area contributed by atoms with Gasteiger partial charge in [-0.3, -0.25) is 15.1 Å². The number of non-ortho nitro benzene ring substituents is 1. The Morgan fingerprint density at radius 1 is 1.04 bits per heavy atom. The minimum absolute atomic E-state index is 0.0575. The zero-order valence-electron chi connectivity index (χ0n) is 12.5. The maximum absolute atomic E-state index is 11.5. The van der Waals surface area contributed by atoms with Crippen molar-refractivity contribution in [3.05, 3.63) is 65.0 Å². The van der Waals surface area contributed by atoms with E-state index in [-0.39, 0.29) is 10.6 Å². The summed E-state index contributed by atoms with van der Waals surface area (Å²) in [6.07, 6.45) is 4.05. The Balaban J connectivity index is 2.02. The minimum Gasteiger partial charge on any atom is -0.457 e. The first-order valence-electron chi connectivity index (χ1n) is 6.85. The molecule has 3 aromatic rings. The lowest BCUT2D eigenvalue weighted by molar-refractivity contribution is -0.383. The summed E-state index contributed by atoms with van der Waals surface area (Å²) in [6, 6.07) is 10.4. The summed E-state index contributed by atoms with van der Waals surface area (Å²) in [6.45, 7) is 0. The molecule has 24 heavy (non-hydrogen) atoms. The van der Waals surface area contributed by atoms with Crippen LogP contribution in [0.5, 0.6) is 11.5 Å². The lowest BCUT2D eigenvalue weighted by Crippen LogP contribution is -1.96. The van der Waals surface area contributed by atoms with Crippen LogP contribution in [0.1, 0.15) is 0 Å². The van der Waals surface area contributed by atoms with E-state index in [1.165, 1.54) is 48.8 Å². The Hall–Kier alpha value is -3.00. The van der Waals surface area contributed by atoms with Crippen LogP contribution in [0.2, 0.25) is 0 Å². The molecule has 0 aliphatic carbocycles. The summed E-state index contributed by atoms with van der Waals surface area (Å²) in [4.78, 5) is 14.7. The summed E-state index contributed by atoms with van der Waals surface area (Å²) in [5.74, 6) is 0.847. The predicted octanol–water partition coefficient (Wildman–Crippen LogP) is 3.34. The van der Waals surface area contributed by atoms with Gasteiger partial charge in [0, 0.05) is 30.1 Å². The Bertz CT molecular complexity index is 1030. The second-order valence-corrected chi connectivity index (χ2v) is 7.12. The van der Waals surface area contributed by atoms with Gasteiger partial charge >= 0.3 is 0 Å². The van der Waals surface area contributed by atoms with Crippen molar-refractivity contribution in [1.29, 1.82) is 0 Å². The molecule has 0 saturated carbocycles. The van der Waals surface area contributed by atoms with Gasteiger partial charge in [0.2, 0.25) is 0 Å². The molecule has 0 aliphatic heterocycles. The third kappa shape index (κ3) is 3.04. The molecule has 122 valence electrons. The van der Waals surface area contributed by atoms with Crippen LogP contribution in [0.4, 0.5) is 5.69 Å². The molecule has 0 spiro atoms. The zero-order valence-corrected chi connectivity index (χ0v) is 13.4. The lowest BCUT2D eigenvalue weighted by atomic mass is 10.1. The Kier molecular flexibility index (Phi) is 3.90. The van der Waals surface area contributed by atoms with Crippen LogP contribution in [-0.4, -0.2) is 24.6 Å². The highest BCUT2D eigenvalue weighted by Crippen LogP contribution is 2.34. The van der Waals surface area contributed by atoms with Crippen LogP contribution in [-0.2, 0) is 9.84 Å². The van der Waals surface area contributed by atoms with Crippen molar-refractivity contribution in [1.82, 2.24) is 4.98 Å². The van der Waals surface area contributed by atoms with E-state index >= 15 is 0 Å². The molecule has 2 aromatic carbocycles. The minimum atomic E-state index is -3.28. The monoisotopic (exact) mass is 344 g/mol. The maximum Gasteiger partial charge on any atom is 0.279 e. The molecule has 0 amide bonds. The van der Waals surface area contributed by atoms with Crippen LogP contribution < -0.4 is 4.74 Å². The standard InChI is InChI=1S/C16H12N2O5S/c1-24(21,22)12-4-2-11(3-5-12)23-16-7-6-15(18(19)20)14-10-17-9-8-13(14)16/h2-10H,1H3. The first kappa shape index (κ1) is 15.9. The lowest BCUT2D eigenvalue weighted by Gasteiger charge is -2.09. The first-order valence-corrected chi connectivity index (χ1v) is 8.74. The molecule has 0 N–H and O–H groups in total. The Labute approximate surface area is 137 Å². The van der Waals surface area contributed by atoms with E-state index in [9.17, 15) is 18.5 Å². The highest BCUT2D eigenvalue weighted by atomic mass is 32.2. The molecule has 0 bridgehead atoms. The molecule has 1 aromatic heterocycles. The molecule has 8 heteroatoms. The largest absolute Gasteiger partial charge is 0.457 e. The van der Waals surface area contributed by atoms with Crippen molar-refractivity contribution in [2.24, 2.45) is 0 Å². The van der Waals surface area contributed by atoms with Gasteiger partial charge in [-0.1, -0.05) is 0 Å². The molecule has 0 unspecified atom stereocenters. The van der Waals surface area contributed by atoms with Crippen LogP contribution in [0.3, 0.4) is 0 Å². The van der Waals surface area contributed by atoms with Gasteiger partial charge in [-0.15, -0.1) is 0 Å². The molecule has 0 aliphatic rings. The number of ether oxygens (including phenoxy) is 1. The molecule has 0 atom stereocenters. The third-order valence-electron chi connectivity index (χ3n) is 3.43. The number of rotatable bonds is 4. The quantitative estimate of drug-likeness (QED) is 0.531. The fourth-order valence-corrected chi connectivity index (χ4v) is 2.91. The van der Waals surface area contributed by atoms with Gasteiger partial charge in [-0.25, -0.2) is 8.42 Å². The van der Waals surface area contributed by atoms with Crippen LogP contribution >= 0.6 is 0 Å². The topological polar surface area (TPSA) is 99.4 Å². The number of fused-ring (bicyclic) bond motifs is 1. The van der Waals surface area contributed by atoms with E-state index in [0.717, 1.165) is 6.26 Å². The SMILES string of the molecule is CS(=O)(=O)c1ccc(Oc2ccc([N+](=O)[O-])c3cnccc23)cc1. The van der Waals surface area contributed by atoms with Crippen LogP contribution in [0.25, 0.3) is 10.8 Å². The van der Waals surface area contributed by atoms with E-state index in [4.69, 9.17) is 4.74 Å². The maximum atomic E-state index is 11.5. The number of nitro groups is 1. The third-order valence-corrected chi connectivity index (χ3v) is 4.56. The smallest absolute Gasteiger partial charge is 0.279 e. The van der Waals surface area contributed by atoms with E-state index in [0.29, 0.717) is 22.3 Å². The number of sulfone groups is 1. The molecule has 7 nitrogen and oxygen atoms in total. The summed E-state index contributed by atoms with van der Waals surface area (Å²) in [5.41, 5.74) is -0.0575. The van der Waals surface area contributed by atoms with Crippen molar-refractivity contribution in [2.45, 2.75) is 4.90 Å². The van der Waals surface area contributed by atoms with Gasteiger partial charge < -0.3 is 4.74 Å². The van der Waals surface area contributed by atoms with E-state index in [2.05, 4.69) is 4.98 Å². The van der Waals surface area contributed by atoms with E-state index < -0.39 is 14.8 Å². The number of pyridine rings is 1. The molecular formula is C16H12N2O5S. The Morgan fingerprint density at radius 2 is 1.75 bits per heavy atom. The molecule has 0 saturated heterocycles. The molecular weight excluding hydrogens is 332 g/mol. The highest BCUT2D eigenvalue weighted by molar-refractivity contribution is 7.90. The fraction of sp³-hybridized carbons (Fsp3) is 0.0625. The number of nitro benzene ring substituents is 1. The Morgan fingerprint density at radius 3 is 2.38 bits per heavy atom. The summed E-state index contributed by atoms with van der Waals surface area (Å²) >= 11 is 0. The second kappa shape index (κ2) is 5.89. The van der Waals surface area contributed by atoms with Gasteiger partial charge in [0.05, 0.1) is 15.2 Å². The number of hydrogen-bond acceptors (Lipinski definition) is 6. The van der Waals surface area contributed by atoms with Crippen molar-refractivity contribution >= 4 is 26.3 Å². The van der Waals surface area contributed by atoms with E-state index in [1.54, 1.807) is 6.07 Å². The molecule has 0 fully saturated rings. The van der Waals surface area contributed by atoms with E-state index in [1.807, 2.05) is 0 Å². The average molecular weight is 344 g/mol. The van der Waals surface area contributed by atoms with Crippen molar-refractivity contribution in [3.8, 4) is 11.5 Å². The highest BCUT2D eigenvalue weighted by Gasteiger charge is 2.15. The second-order valence-electron chi connectivity index (χ2n) is 5.11. The number of nitrogens with zero attached hydrogens (tertiary/aromatic N) is 2. The number of hydrogen-bond donors (Lipinski definition) is 0. The summed E-state index contributed by atoms with van der Waals surface area (Å²) in [7, 11) is -3.28. The van der Waals surface area contributed by atoms with Crippen LogP contribution in [0, 0.1) is 10.1 Å². The van der Waals surface area contributed by atoms with Gasteiger partial charge in [0.1, 0.15) is 11.5 Å². The predicted molar refractivity (Wildman–Crippen MR) is 88.0 cm³/mol.